The zero-order valence-electron chi connectivity index (χ0n) is 51.6. The summed E-state index contributed by atoms with van der Waals surface area (Å²) in [5, 5.41) is 3.04. The smallest absolute Gasteiger partial charge is 0.456 e. The topological polar surface area (TPSA) is 111 Å². The van der Waals surface area contributed by atoms with Gasteiger partial charge in [0, 0.05) is 12.8 Å². The fourth-order valence-electron chi connectivity index (χ4n) is 8.48. The SMILES string of the molecule is CC/C=C\C/C=C\C/C=C\C/C=C\C/C=C\CCCCCCCCCC(=O)NC(COP(=O)(O)OCC[N+](C)(C)C)C(/C=C\CCCCCCCCCCC)OC(=O)CCCCC/C=C\C/C=C\C/C=C\C/C=C\CCCCC. The standard InChI is InChI=1S/C69H119N2O7P/c1-7-10-13-16-19-22-25-27-29-31-33-34-35-36-38-39-41-43-46-49-52-55-58-61-68(72)70-66(65-77-79(74,75)76-64-63-71(4,5)6)67(60-57-54-51-48-45-24-21-18-15-12-9-3)78-69(73)62-59-56-53-50-47-44-42-40-37-32-30-28-26-23-20-17-14-11-8-2/h10,13,19-20,22-23,27-30,33-34,36-38,40,44,47,57,60,66-67H,7-9,11-12,14-18,21,24-26,31-32,35,39,41-43,45-46,48-56,58-59,61-65H2,1-6H3,(H-,70,72,74,75)/p+1/b13-10-,22-19-,23-20-,29-27-,30-28-,34-33-,38-36-,40-37-,47-44-,60-57-. The van der Waals surface area contributed by atoms with Gasteiger partial charge in [0.2, 0.25) is 5.91 Å². The molecular formula is C69H120N2O7P+. The number of phosphoric acid groups is 1. The van der Waals surface area contributed by atoms with Gasteiger partial charge in [-0.1, -0.05) is 239 Å². The van der Waals surface area contributed by atoms with E-state index in [1.54, 1.807) is 0 Å². The first-order valence-electron chi connectivity index (χ1n) is 31.9. The van der Waals surface area contributed by atoms with Gasteiger partial charge >= 0.3 is 13.8 Å². The van der Waals surface area contributed by atoms with Crippen molar-refractivity contribution >= 4 is 19.7 Å². The number of amides is 1. The number of carbonyl (C=O) groups excluding carboxylic acids is 2. The fourth-order valence-corrected chi connectivity index (χ4v) is 9.21. The summed E-state index contributed by atoms with van der Waals surface area (Å²) in [6.07, 6.45) is 80.5. The van der Waals surface area contributed by atoms with Gasteiger partial charge in [0.15, 0.2) is 0 Å². The van der Waals surface area contributed by atoms with Crippen LogP contribution in [0.3, 0.4) is 0 Å². The Hall–Kier alpha value is -3.59. The Balaban J connectivity index is 5.27. The number of hydrogen-bond donors (Lipinski definition) is 2. The number of unbranched alkanes of at least 4 members (excludes halogenated alkanes) is 22. The van der Waals surface area contributed by atoms with E-state index in [4.69, 9.17) is 13.8 Å². The molecule has 0 spiro atoms. The molecule has 0 saturated heterocycles. The van der Waals surface area contributed by atoms with Gasteiger partial charge in [-0.3, -0.25) is 18.6 Å². The minimum Gasteiger partial charge on any atom is -0.456 e. The van der Waals surface area contributed by atoms with Crippen molar-refractivity contribution in [3.8, 4) is 0 Å². The van der Waals surface area contributed by atoms with Crippen molar-refractivity contribution in [1.29, 1.82) is 0 Å². The van der Waals surface area contributed by atoms with Crippen LogP contribution in [0.5, 0.6) is 0 Å². The van der Waals surface area contributed by atoms with E-state index in [1.165, 1.54) is 89.9 Å². The quantitative estimate of drug-likeness (QED) is 0.0205. The molecule has 3 unspecified atom stereocenters. The van der Waals surface area contributed by atoms with Crippen molar-refractivity contribution in [3.05, 3.63) is 122 Å². The van der Waals surface area contributed by atoms with Gasteiger partial charge in [0.05, 0.1) is 33.8 Å². The average Bonchev–Trinajstić information content (AvgIpc) is 3.41. The summed E-state index contributed by atoms with van der Waals surface area (Å²) in [5.41, 5.74) is 0. The van der Waals surface area contributed by atoms with Crippen LogP contribution in [0.2, 0.25) is 0 Å². The minimum absolute atomic E-state index is 0.0259. The van der Waals surface area contributed by atoms with Crippen molar-refractivity contribution < 1.29 is 37.3 Å². The van der Waals surface area contributed by atoms with E-state index >= 15 is 0 Å². The summed E-state index contributed by atoms with van der Waals surface area (Å²) >= 11 is 0. The molecule has 0 fully saturated rings. The maximum Gasteiger partial charge on any atom is 0.472 e. The lowest BCUT2D eigenvalue weighted by Crippen LogP contribution is -2.47. The number of phosphoric ester groups is 1. The first-order chi connectivity index (χ1) is 38.4. The van der Waals surface area contributed by atoms with Gasteiger partial charge in [0.25, 0.3) is 0 Å². The molecule has 0 aromatic carbocycles. The van der Waals surface area contributed by atoms with Crippen LogP contribution in [0.1, 0.15) is 252 Å². The van der Waals surface area contributed by atoms with Crippen LogP contribution in [0.4, 0.5) is 0 Å². The molecule has 0 rings (SSSR count). The second-order valence-corrected chi connectivity index (χ2v) is 23.6. The van der Waals surface area contributed by atoms with E-state index in [2.05, 4.69) is 135 Å². The number of nitrogens with one attached hydrogen (secondary N) is 1. The van der Waals surface area contributed by atoms with Crippen LogP contribution in [0.25, 0.3) is 0 Å². The summed E-state index contributed by atoms with van der Waals surface area (Å²) in [6, 6.07) is -0.876. The molecule has 10 heteroatoms. The lowest BCUT2D eigenvalue weighted by molar-refractivity contribution is -0.870. The van der Waals surface area contributed by atoms with Gasteiger partial charge in [-0.25, -0.2) is 4.57 Å². The third-order valence-corrected chi connectivity index (χ3v) is 14.4. The van der Waals surface area contributed by atoms with Crippen LogP contribution in [-0.4, -0.2) is 74.3 Å². The molecule has 0 saturated carbocycles. The number of esters is 1. The number of quaternary nitrogens is 1. The number of rotatable bonds is 56. The van der Waals surface area contributed by atoms with Crippen molar-refractivity contribution in [1.82, 2.24) is 5.32 Å². The maximum absolute atomic E-state index is 13.6. The number of ether oxygens (including phenoxy) is 1. The summed E-state index contributed by atoms with van der Waals surface area (Å²) in [4.78, 5) is 37.7. The van der Waals surface area contributed by atoms with Crippen molar-refractivity contribution in [3.63, 3.8) is 0 Å². The first-order valence-corrected chi connectivity index (χ1v) is 33.4. The van der Waals surface area contributed by atoms with E-state index < -0.39 is 20.0 Å². The average molecular weight is 1120 g/mol. The Kier molecular flexibility index (Phi) is 55.0. The van der Waals surface area contributed by atoms with Gasteiger partial charge in [-0.2, -0.15) is 0 Å². The van der Waals surface area contributed by atoms with Crippen LogP contribution in [-0.2, 0) is 27.9 Å². The van der Waals surface area contributed by atoms with Gasteiger partial charge < -0.3 is 19.4 Å². The van der Waals surface area contributed by atoms with Gasteiger partial charge in [-0.05, 0) is 122 Å². The van der Waals surface area contributed by atoms with E-state index in [0.717, 1.165) is 122 Å². The van der Waals surface area contributed by atoms with Crippen molar-refractivity contribution in [2.75, 3.05) is 40.9 Å². The van der Waals surface area contributed by atoms with E-state index in [0.29, 0.717) is 23.9 Å². The second kappa shape index (κ2) is 57.6. The summed E-state index contributed by atoms with van der Waals surface area (Å²) < 4.78 is 30.7. The minimum atomic E-state index is -4.47. The molecule has 9 nitrogen and oxygen atoms in total. The van der Waals surface area contributed by atoms with E-state index in [9.17, 15) is 19.0 Å². The Morgan fingerprint density at radius 3 is 1.25 bits per heavy atom. The molecule has 2 N–H and O–H groups in total. The lowest BCUT2D eigenvalue weighted by Gasteiger charge is -2.27. The number of likely N-dealkylation sites (N-methyl/N-ethyl adjacent to an activating group) is 1. The third kappa shape index (κ3) is 58.9. The highest BCUT2D eigenvalue weighted by molar-refractivity contribution is 7.47. The van der Waals surface area contributed by atoms with Crippen LogP contribution < -0.4 is 5.32 Å². The number of hydrogen-bond acceptors (Lipinski definition) is 6. The molecule has 452 valence electrons. The van der Waals surface area contributed by atoms with Crippen LogP contribution in [0, 0.1) is 0 Å². The van der Waals surface area contributed by atoms with Gasteiger partial charge in [-0.15, -0.1) is 0 Å². The van der Waals surface area contributed by atoms with E-state index in [-0.39, 0.29) is 31.5 Å². The molecule has 0 aliphatic rings. The number of carbonyl (C=O) groups is 2. The molecule has 0 aliphatic heterocycles. The highest BCUT2D eigenvalue weighted by atomic mass is 31.2. The summed E-state index contributed by atoms with van der Waals surface area (Å²) in [7, 11) is 1.45. The predicted molar refractivity (Wildman–Crippen MR) is 341 cm³/mol. The highest BCUT2D eigenvalue weighted by Gasteiger charge is 2.30. The van der Waals surface area contributed by atoms with Crippen LogP contribution >= 0.6 is 7.82 Å². The van der Waals surface area contributed by atoms with E-state index in [1.807, 2.05) is 33.3 Å². The van der Waals surface area contributed by atoms with Crippen molar-refractivity contribution in [2.24, 2.45) is 0 Å². The molecule has 1 amide bonds. The molecule has 3 atom stereocenters. The second-order valence-electron chi connectivity index (χ2n) is 22.2. The summed E-state index contributed by atoms with van der Waals surface area (Å²) in [5.74, 6) is -0.562. The molecular weight excluding hydrogens is 1000 g/mol. The Morgan fingerprint density at radius 1 is 0.456 bits per heavy atom. The molecule has 0 bridgehead atoms. The summed E-state index contributed by atoms with van der Waals surface area (Å²) in [6.45, 7) is 6.82. The maximum atomic E-state index is 13.6. The van der Waals surface area contributed by atoms with Crippen molar-refractivity contribution in [2.45, 2.75) is 264 Å². The van der Waals surface area contributed by atoms with Crippen LogP contribution in [0.15, 0.2) is 122 Å². The zero-order valence-corrected chi connectivity index (χ0v) is 52.5. The Morgan fingerprint density at radius 2 is 0.810 bits per heavy atom. The Labute approximate surface area is 486 Å². The lowest BCUT2D eigenvalue weighted by atomic mass is 10.1. The fraction of sp³-hybridized carbons (Fsp3) is 0.681. The normalized spacial score (nSPS) is 14.5. The monoisotopic (exact) mass is 1120 g/mol. The highest BCUT2D eigenvalue weighted by Crippen LogP contribution is 2.43. The number of nitrogens with zero attached hydrogens (tertiary/aromatic N) is 1. The molecule has 79 heavy (non-hydrogen) atoms. The molecule has 0 aliphatic carbocycles. The molecule has 0 aromatic rings. The number of allylic oxidation sites excluding steroid dienone is 19. The zero-order chi connectivity index (χ0) is 57.9. The third-order valence-electron chi connectivity index (χ3n) is 13.4. The predicted octanol–water partition coefficient (Wildman–Crippen LogP) is 19.9. The van der Waals surface area contributed by atoms with Gasteiger partial charge in [0.1, 0.15) is 19.3 Å². The molecule has 0 aromatic heterocycles. The molecule has 0 radical (unpaired) electrons. The Bertz CT molecular complexity index is 1770. The first kappa shape index (κ1) is 75.4. The largest absolute Gasteiger partial charge is 0.472 e. The molecule has 0 heterocycles.